The summed E-state index contributed by atoms with van der Waals surface area (Å²) in [5.74, 6) is 0. The van der Waals surface area contributed by atoms with Crippen molar-refractivity contribution in [2.75, 3.05) is 5.73 Å². The zero-order chi connectivity index (χ0) is 10.8. The van der Waals surface area contributed by atoms with Crippen LogP contribution in [0, 0.1) is 6.92 Å². The first-order valence-corrected chi connectivity index (χ1v) is 5.55. The van der Waals surface area contributed by atoms with E-state index in [1.165, 1.54) is 11.3 Å². The molecule has 2 aromatic rings. The topological polar surface area (TPSA) is 48.0 Å². The second-order valence-corrected chi connectivity index (χ2v) is 4.25. The molecule has 0 unspecified atom stereocenters. The highest BCUT2D eigenvalue weighted by molar-refractivity contribution is 7.07. The van der Waals surface area contributed by atoms with Crippen LogP contribution in [0.2, 0.25) is 0 Å². The lowest BCUT2D eigenvalue weighted by atomic mass is 10.2. The van der Waals surface area contributed by atoms with E-state index in [0.29, 0.717) is 6.54 Å². The number of para-hydroxylation sites is 1. The molecule has 78 valence electrons. The van der Waals surface area contributed by atoms with Gasteiger partial charge in [-0.15, -0.1) is 0 Å². The molecule has 0 fully saturated rings. The van der Waals surface area contributed by atoms with Gasteiger partial charge < -0.3 is 5.73 Å². The van der Waals surface area contributed by atoms with Gasteiger partial charge in [0.05, 0.1) is 6.54 Å². The maximum atomic E-state index is 11.5. The summed E-state index contributed by atoms with van der Waals surface area (Å²) in [7, 11) is 0. The molecule has 2 N–H and O–H groups in total. The van der Waals surface area contributed by atoms with E-state index in [1.807, 2.05) is 36.6 Å². The number of hydrogen-bond donors (Lipinski definition) is 1. The Morgan fingerprint density at radius 3 is 2.73 bits per heavy atom. The minimum atomic E-state index is 0.0655. The number of nitrogen functional groups attached to an aromatic ring is 1. The Hall–Kier alpha value is -1.55. The van der Waals surface area contributed by atoms with E-state index in [4.69, 9.17) is 5.73 Å². The van der Waals surface area contributed by atoms with Crippen LogP contribution in [0.4, 0.5) is 5.69 Å². The van der Waals surface area contributed by atoms with Gasteiger partial charge in [0.2, 0.25) is 0 Å². The first kappa shape index (κ1) is 9.98. The van der Waals surface area contributed by atoms with Gasteiger partial charge in [-0.2, -0.15) is 0 Å². The van der Waals surface area contributed by atoms with E-state index in [2.05, 4.69) is 0 Å². The Balaban J connectivity index is 2.38. The van der Waals surface area contributed by atoms with Gasteiger partial charge in [-0.05, 0) is 18.6 Å². The van der Waals surface area contributed by atoms with E-state index in [1.54, 1.807) is 4.57 Å². The molecule has 0 saturated carbocycles. The lowest BCUT2D eigenvalue weighted by Crippen LogP contribution is -2.16. The molecule has 0 aliphatic heterocycles. The number of nitrogens with zero attached hydrogens (tertiary/aromatic N) is 1. The highest BCUT2D eigenvalue weighted by Crippen LogP contribution is 2.13. The molecule has 15 heavy (non-hydrogen) atoms. The fourth-order valence-electron chi connectivity index (χ4n) is 1.44. The third-order valence-corrected chi connectivity index (χ3v) is 3.24. The number of thiazole rings is 1. The summed E-state index contributed by atoms with van der Waals surface area (Å²) in [5.41, 5.74) is 8.52. The Bertz CT molecular complexity index is 527. The zero-order valence-corrected chi connectivity index (χ0v) is 9.25. The Labute approximate surface area is 91.8 Å². The normalized spacial score (nSPS) is 10.5. The second-order valence-electron chi connectivity index (χ2n) is 3.43. The Kier molecular flexibility index (Phi) is 2.60. The van der Waals surface area contributed by atoms with E-state index < -0.39 is 0 Å². The summed E-state index contributed by atoms with van der Waals surface area (Å²) in [4.78, 5) is 11.6. The fraction of sp³-hybridized carbons (Fsp3) is 0.182. The van der Waals surface area contributed by atoms with Crippen LogP contribution in [0.3, 0.4) is 0 Å². The fourth-order valence-corrected chi connectivity index (χ4v) is 2.18. The van der Waals surface area contributed by atoms with Crippen molar-refractivity contribution in [2.45, 2.75) is 13.5 Å². The molecule has 0 aliphatic carbocycles. The van der Waals surface area contributed by atoms with Crippen molar-refractivity contribution < 1.29 is 0 Å². The van der Waals surface area contributed by atoms with E-state index in [-0.39, 0.29) is 4.87 Å². The number of aromatic nitrogens is 1. The van der Waals surface area contributed by atoms with Gasteiger partial charge in [-0.1, -0.05) is 29.5 Å². The molecule has 0 atom stereocenters. The largest absolute Gasteiger partial charge is 0.398 e. The van der Waals surface area contributed by atoms with Crippen molar-refractivity contribution in [3.8, 4) is 0 Å². The lowest BCUT2D eigenvalue weighted by molar-refractivity contribution is 0.756. The highest BCUT2D eigenvalue weighted by atomic mass is 32.1. The van der Waals surface area contributed by atoms with Crippen LogP contribution < -0.4 is 10.6 Å². The summed E-state index contributed by atoms with van der Waals surface area (Å²) in [6.07, 6.45) is 0. The van der Waals surface area contributed by atoms with E-state index in [0.717, 1.165) is 16.9 Å². The third kappa shape index (κ3) is 1.94. The number of benzene rings is 1. The van der Waals surface area contributed by atoms with Gasteiger partial charge in [0.25, 0.3) is 0 Å². The molecule has 0 radical (unpaired) electrons. The summed E-state index contributed by atoms with van der Waals surface area (Å²) >= 11 is 1.22. The monoisotopic (exact) mass is 220 g/mol. The number of anilines is 1. The molecular weight excluding hydrogens is 208 g/mol. The lowest BCUT2D eigenvalue weighted by Gasteiger charge is -2.06. The molecule has 0 aliphatic rings. The molecule has 0 spiro atoms. The molecule has 0 bridgehead atoms. The van der Waals surface area contributed by atoms with E-state index >= 15 is 0 Å². The molecule has 3 nitrogen and oxygen atoms in total. The highest BCUT2D eigenvalue weighted by Gasteiger charge is 2.04. The van der Waals surface area contributed by atoms with Crippen LogP contribution in [-0.2, 0) is 6.54 Å². The smallest absolute Gasteiger partial charge is 0.307 e. The van der Waals surface area contributed by atoms with Crippen molar-refractivity contribution in [3.05, 3.63) is 50.6 Å². The number of hydrogen-bond acceptors (Lipinski definition) is 3. The van der Waals surface area contributed by atoms with Crippen LogP contribution in [0.15, 0.2) is 34.4 Å². The summed E-state index contributed by atoms with van der Waals surface area (Å²) in [6.45, 7) is 2.48. The van der Waals surface area contributed by atoms with Gasteiger partial charge in [-0.3, -0.25) is 9.36 Å². The number of rotatable bonds is 2. The van der Waals surface area contributed by atoms with Crippen LogP contribution in [0.25, 0.3) is 0 Å². The maximum Gasteiger partial charge on any atom is 0.307 e. The summed E-state index contributed by atoms with van der Waals surface area (Å²) < 4.78 is 1.73. The molecular formula is C11H12N2OS. The van der Waals surface area contributed by atoms with Crippen LogP contribution in [0.5, 0.6) is 0 Å². The maximum absolute atomic E-state index is 11.5. The van der Waals surface area contributed by atoms with Gasteiger partial charge >= 0.3 is 4.87 Å². The third-order valence-electron chi connectivity index (χ3n) is 2.36. The standard InChI is InChI=1S/C11H12N2OS/c1-8-7-15-11(14)13(8)6-9-4-2-3-5-10(9)12/h2-5,7H,6,12H2,1H3. The van der Waals surface area contributed by atoms with Crippen molar-refractivity contribution >= 4 is 17.0 Å². The minimum absolute atomic E-state index is 0.0655. The predicted octanol–water partition coefficient (Wildman–Crippen LogP) is 1.85. The SMILES string of the molecule is Cc1csc(=O)n1Cc1ccccc1N. The summed E-state index contributed by atoms with van der Waals surface area (Å²) in [6, 6.07) is 7.61. The molecule has 2 rings (SSSR count). The summed E-state index contributed by atoms with van der Waals surface area (Å²) in [5, 5.41) is 1.86. The minimum Gasteiger partial charge on any atom is -0.398 e. The van der Waals surface area contributed by atoms with Gasteiger partial charge in [0.15, 0.2) is 0 Å². The van der Waals surface area contributed by atoms with Crippen molar-refractivity contribution in [3.63, 3.8) is 0 Å². The average molecular weight is 220 g/mol. The predicted molar refractivity (Wildman–Crippen MR) is 63.3 cm³/mol. The molecule has 1 aromatic heterocycles. The number of aryl methyl sites for hydroxylation is 1. The molecule has 4 heteroatoms. The van der Waals surface area contributed by atoms with Crippen LogP contribution in [0.1, 0.15) is 11.3 Å². The van der Waals surface area contributed by atoms with Gasteiger partial charge in [0, 0.05) is 16.8 Å². The Morgan fingerprint density at radius 2 is 2.13 bits per heavy atom. The van der Waals surface area contributed by atoms with Crippen molar-refractivity contribution in [2.24, 2.45) is 0 Å². The first-order valence-electron chi connectivity index (χ1n) is 4.67. The van der Waals surface area contributed by atoms with Crippen molar-refractivity contribution in [1.29, 1.82) is 0 Å². The quantitative estimate of drug-likeness (QED) is 0.785. The molecule has 0 saturated heterocycles. The van der Waals surface area contributed by atoms with Gasteiger partial charge in [-0.25, -0.2) is 0 Å². The second kappa shape index (κ2) is 3.90. The zero-order valence-electron chi connectivity index (χ0n) is 8.43. The van der Waals surface area contributed by atoms with Crippen LogP contribution in [-0.4, -0.2) is 4.57 Å². The van der Waals surface area contributed by atoms with E-state index in [9.17, 15) is 4.79 Å². The molecule has 1 aromatic carbocycles. The molecule has 0 amide bonds. The molecule has 1 heterocycles. The van der Waals surface area contributed by atoms with Crippen LogP contribution >= 0.6 is 11.3 Å². The number of nitrogens with two attached hydrogens (primary N) is 1. The first-order chi connectivity index (χ1) is 7.18. The van der Waals surface area contributed by atoms with Crippen molar-refractivity contribution in [1.82, 2.24) is 4.57 Å². The average Bonchev–Trinajstić information content (AvgIpc) is 2.53. The Morgan fingerprint density at radius 1 is 1.40 bits per heavy atom. The van der Waals surface area contributed by atoms with Gasteiger partial charge in [0.1, 0.15) is 0 Å².